The number of halogens is 1. The number of phenols is 1. The highest BCUT2D eigenvalue weighted by Crippen LogP contribution is 2.16. The zero-order valence-electron chi connectivity index (χ0n) is 8.85. The molecule has 0 aliphatic carbocycles. The van der Waals surface area contributed by atoms with Crippen LogP contribution in [0.2, 0.25) is 0 Å². The van der Waals surface area contributed by atoms with Crippen molar-refractivity contribution in [1.82, 2.24) is 0 Å². The van der Waals surface area contributed by atoms with E-state index in [0.717, 1.165) is 10.9 Å². The van der Waals surface area contributed by atoms with Crippen molar-refractivity contribution in [1.29, 1.82) is 0 Å². The maximum atomic E-state index is 11.1. The van der Waals surface area contributed by atoms with Crippen LogP contribution in [0.3, 0.4) is 0 Å². The van der Waals surface area contributed by atoms with Crippen molar-refractivity contribution >= 4 is 16.7 Å². The monoisotopic (exact) mass is 281 g/mol. The van der Waals surface area contributed by atoms with Crippen LogP contribution in [0.15, 0.2) is 36.5 Å². The van der Waals surface area contributed by atoms with Gasteiger partial charge in [-0.05, 0) is 18.2 Å². The number of hydrogen-bond acceptors (Lipinski definition) is 2. The highest BCUT2D eigenvalue weighted by atomic mass is 79.9. The smallest absolute Gasteiger partial charge is 0.213 e. The number of pyridine rings is 1. The predicted octanol–water partition coefficient (Wildman–Crippen LogP) is -1.57. The summed E-state index contributed by atoms with van der Waals surface area (Å²) in [5.74, 6) is 0.351. The molecule has 0 unspecified atom stereocenters. The lowest BCUT2D eigenvalue weighted by Gasteiger charge is -1.99. The quantitative estimate of drug-likeness (QED) is 0.676. The molecule has 1 aromatic heterocycles. The Morgan fingerprint density at radius 3 is 2.81 bits per heavy atom. The van der Waals surface area contributed by atoms with E-state index >= 15 is 0 Å². The Bertz CT molecular complexity index is 525. The average molecular weight is 282 g/mol. The molecule has 0 saturated heterocycles. The summed E-state index contributed by atoms with van der Waals surface area (Å²) in [6.45, 7) is 1.92. The van der Waals surface area contributed by atoms with Gasteiger partial charge < -0.3 is 22.1 Å². The minimum absolute atomic E-state index is 0. The lowest BCUT2D eigenvalue weighted by Crippen LogP contribution is -3.00. The second-order valence-corrected chi connectivity index (χ2v) is 3.58. The molecule has 84 valence electrons. The Morgan fingerprint density at radius 2 is 2.12 bits per heavy atom. The van der Waals surface area contributed by atoms with Crippen molar-refractivity contribution in [2.45, 2.75) is 13.5 Å². The van der Waals surface area contributed by atoms with Crippen LogP contribution in [0.5, 0.6) is 5.75 Å². The van der Waals surface area contributed by atoms with Gasteiger partial charge in [0.05, 0.1) is 5.39 Å². The topological polar surface area (TPSA) is 41.2 Å². The first-order chi connectivity index (χ1) is 7.16. The molecule has 1 aromatic carbocycles. The Balaban J connectivity index is 0.00000128. The number of Topliss-reactive ketones (excluding diaryl/α,β-unsaturated/α-hetero) is 1. The maximum Gasteiger partial charge on any atom is 0.213 e. The fraction of sp³-hybridized carbons (Fsp3) is 0.167. The van der Waals surface area contributed by atoms with Gasteiger partial charge in [0.2, 0.25) is 12.1 Å². The Labute approximate surface area is 104 Å². The van der Waals surface area contributed by atoms with Crippen LogP contribution in [-0.4, -0.2) is 10.9 Å². The van der Waals surface area contributed by atoms with Gasteiger partial charge in [-0.3, -0.25) is 4.79 Å². The molecule has 0 amide bonds. The van der Waals surface area contributed by atoms with E-state index in [1.54, 1.807) is 19.1 Å². The summed E-state index contributed by atoms with van der Waals surface area (Å²) in [6.07, 6.45) is 1.86. The highest BCUT2D eigenvalue weighted by molar-refractivity contribution is 5.78. The van der Waals surface area contributed by atoms with E-state index in [9.17, 15) is 9.90 Å². The van der Waals surface area contributed by atoms with E-state index in [-0.39, 0.29) is 28.5 Å². The summed E-state index contributed by atoms with van der Waals surface area (Å²) in [4.78, 5) is 11.1. The third-order valence-electron chi connectivity index (χ3n) is 2.26. The van der Waals surface area contributed by atoms with E-state index in [4.69, 9.17) is 0 Å². The molecule has 3 nitrogen and oxygen atoms in total. The molecule has 16 heavy (non-hydrogen) atoms. The van der Waals surface area contributed by atoms with Gasteiger partial charge in [0.25, 0.3) is 0 Å². The molecule has 2 aromatic rings. The minimum atomic E-state index is 0. The number of nitrogens with zero attached hydrogens (tertiary/aromatic N) is 1. The standard InChI is InChI=1S/C12H11NO2.BrH/c1-9(14)8-13-6-2-3-10-7-11(15)4-5-12(10)13;/h2-7H,8H2,1H3;1H. The third-order valence-corrected chi connectivity index (χ3v) is 2.26. The molecule has 0 fully saturated rings. The van der Waals surface area contributed by atoms with Crippen molar-refractivity contribution in [3.8, 4) is 5.75 Å². The largest absolute Gasteiger partial charge is 1.00 e. The minimum Gasteiger partial charge on any atom is -1.00 e. The zero-order valence-corrected chi connectivity index (χ0v) is 10.4. The lowest BCUT2D eigenvalue weighted by atomic mass is 10.2. The van der Waals surface area contributed by atoms with E-state index in [0.29, 0.717) is 6.54 Å². The second-order valence-electron chi connectivity index (χ2n) is 3.58. The zero-order chi connectivity index (χ0) is 10.8. The summed E-state index contributed by atoms with van der Waals surface area (Å²) in [6, 6.07) is 8.90. The summed E-state index contributed by atoms with van der Waals surface area (Å²) in [7, 11) is 0. The van der Waals surface area contributed by atoms with Crippen LogP contribution in [0, 0.1) is 0 Å². The molecule has 2 rings (SSSR count). The van der Waals surface area contributed by atoms with Crippen molar-refractivity contribution in [3.63, 3.8) is 0 Å². The maximum absolute atomic E-state index is 11.1. The number of carbonyl (C=O) groups is 1. The Morgan fingerprint density at radius 1 is 1.38 bits per heavy atom. The van der Waals surface area contributed by atoms with Crippen LogP contribution in [-0.2, 0) is 11.3 Å². The van der Waals surface area contributed by atoms with Gasteiger partial charge >= 0.3 is 0 Å². The number of fused-ring (bicyclic) bond motifs is 1. The number of rotatable bonds is 2. The van der Waals surface area contributed by atoms with Gasteiger partial charge in [-0.15, -0.1) is 0 Å². The predicted molar refractivity (Wildman–Crippen MR) is 56.5 cm³/mol. The average Bonchev–Trinajstić information content (AvgIpc) is 2.16. The SMILES string of the molecule is CC(=O)C[n+]1cccc2cc(O)ccc21.[Br-]. The summed E-state index contributed by atoms with van der Waals surface area (Å²) < 4.78 is 1.87. The molecule has 1 N–H and O–H groups in total. The van der Waals surface area contributed by atoms with Gasteiger partial charge in [0.1, 0.15) is 5.75 Å². The van der Waals surface area contributed by atoms with Crippen molar-refractivity contribution in [2.75, 3.05) is 0 Å². The van der Waals surface area contributed by atoms with Crippen LogP contribution in [0.25, 0.3) is 10.9 Å². The summed E-state index contributed by atoms with van der Waals surface area (Å²) >= 11 is 0. The molecular formula is C12H12BrNO2. The fourth-order valence-electron chi connectivity index (χ4n) is 1.65. The van der Waals surface area contributed by atoms with Gasteiger partial charge in [-0.2, -0.15) is 4.57 Å². The number of phenolic OH excluding ortho intramolecular Hbond substituents is 1. The Hall–Kier alpha value is -1.42. The number of aromatic nitrogens is 1. The number of hydrogen-bond donors (Lipinski definition) is 1. The Kier molecular flexibility index (Phi) is 4.01. The van der Waals surface area contributed by atoms with E-state index in [1.165, 1.54) is 0 Å². The molecule has 0 radical (unpaired) electrons. The molecule has 0 saturated carbocycles. The van der Waals surface area contributed by atoms with Crippen LogP contribution >= 0.6 is 0 Å². The van der Waals surface area contributed by atoms with Gasteiger partial charge in [-0.1, -0.05) is 0 Å². The molecule has 0 atom stereocenters. The van der Waals surface area contributed by atoms with Crippen LogP contribution in [0.1, 0.15) is 6.92 Å². The van der Waals surface area contributed by atoms with Crippen LogP contribution in [0.4, 0.5) is 0 Å². The molecule has 0 spiro atoms. The van der Waals surface area contributed by atoms with Gasteiger partial charge in [0.15, 0.2) is 12.0 Å². The summed E-state index contributed by atoms with van der Waals surface area (Å²) in [5, 5.41) is 10.3. The van der Waals surface area contributed by atoms with Gasteiger partial charge in [0, 0.05) is 19.1 Å². The number of benzene rings is 1. The first-order valence-electron chi connectivity index (χ1n) is 4.77. The van der Waals surface area contributed by atoms with Crippen molar-refractivity contribution in [2.24, 2.45) is 0 Å². The first kappa shape index (κ1) is 12.6. The molecule has 0 aliphatic heterocycles. The molecule has 0 aliphatic rings. The second kappa shape index (κ2) is 5.07. The number of ketones is 1. The number of aromatic hydroxyl groups is 1. The van der Waals surface area contributed by atoms with E-state index < -0.39 is 0 Å². The third kappa shape index (κ3) is 2.58. The molecule has 0 bridgehead atoms. The number of carbonyl (C=O) groups excluding carboxylic acids is 1. The highest BCUT2D eigenvalue weighted by Gasteiger charge is 2.10. The molecular weight excluding hydrogens is 270 g/mol. The summed E-state index contributed by atoms with van der Waals surface area (Å²) in [5.41, 5.74) is 0.950. The van der Waals surface area contributed by atoms with Crippen LogP contribution < -0.4 is 21.5 Å². The first-order valence-corrected chi connectivity index (χ1v) is 4.77. The fourth-order valence-corrected chi connectivity index (χ4v) is 1.65. The van der Waals surface area contributed by atoms with Gasteiger partial charge in [-0.25, -0.2) is 0 Å². The van der Waals surface area contributed by atoms with E-state index in [1.807, 2.05) is 29.0 Å². The lowest BCUT2D eigenvalue weighted by molar-refractivity contribution is -0.658. The molecule has 1 heterocycles. The molecule has 4 heteroatoms. The van der Waals surface area contributed by atoms with Crippen molar-refractivity contribution in [3.05, 3.63) is 36.5 Å². The normalized spacial score (nSPS) is 9.81. The van der Waals surface area contributed by atoms with E-state index in [2.05, 4.69) is 0 Å². The van der Waals surface area contributed by atoms with Crippen molar-refractivity contribution < 1.29 is 31.4 Å².